The lowest BCUT2D eigenvalue weighted by molar-refractivity contribution is 0.0691. The highest BCUT2D eigenvalue weighted by molar-refractivity contribution is 7.09. The number of thiophene rings is 1. The van der Waals surface area contributed by atoms with E-state index < -0.39 is 5.97 Å². The Balaban J connectivity index is 2.15. The number of carboxylic acid groups (broad SMARTS) is 1. The van der Waals surface area contributed by atoms with E-state index in [0.29, 0.717) is 24.7 Å². The van der Waals surface area contributed by atoms with Gasteiger partial charge in [-0.3, -0.25) is 0 Å². The Bertz CT molecular complexity index is 563. The summed E-state index contributed by atoms with van der Waals surface area (Å²) in [5.41, 5.74) is 0.144. The van der Waals surface area contributed by atoms with Gasteiger partial charge in [0, 0.05) is 10.9 Å². The number of carbonyl (C=O) groups is 1. The zero-order valence-corrected chi connectivity index (χ0v) is 12.0. The van der Waals surface area contributed by atoms with Crippen LogP contribution in [0.1, 0.15) is 28.6 Å². The molecule has 5 heteroatoms. The highest BCUT2D eigenvalue weighted by Crippen LogP contribution is 2.26. The summed E-state index contributed by atoms with van der Waals surface area (Å²) < 4.78 is 11.1. The average Bonchev–Trinajstić information content (AvgIpc) is 2.96. The van der Waals surface area contributed by atoms with Crippen molar-refractivity contribution in [2.45, 2.75) is 20.0 Å². The molecule has 0 aliphatic carbocycles. The van der Waals surface area contributed by atoms with Gasteiger partial charge in [0.25, 0.3) is 0 Å². The largest absolute Gasteiger partial charge is 0.493 e. The highest BCUT2D eigenvalue weighted by atomic mass is 32.1. The van der Waals surface area contributed by atoms with Crippen LogP contribution in [0.3, 0.4) is 0 Å². The number of hydrogen-bond donors (Lipinski definition) is 1. The fourth-order valence-corrected chi connectivity index (χ4v) is 2.27. The molecule has 0 amide bonds. The van der Waals surface area contributed by atoms with Crippen LogP contribution < -0.4 is 9.47 Å². The number of hydrogen-bond acceptors (Lipinski definition) is 4. The summed E-state index contributed by atoms with van der Waals surface area (Å²) in [6, 6.07) is 8.67. The van der Waals surface area contributed by atoms with Gasteiger partial charge in [0.1, 0.15) is 23.7 Å². The molecule has 0 radical (unpaired) electrons. The molecule has 4 nitrogen and oxygen atoms in total. The molecule has 1 heterocycles. The van der Waals surface area contributed by atoms with Crippen LogP contribution in [0.25, 0.3) is 0 Å². The monoisotopic (exact) mass is 292 g/mol. The van der Waals surface area contributed by atoms with Gasteiger partial charge >= 0.3 is 5.97 Å². The lowest BCUT2D eigenvalue weighted by atomic mass is 10.2. The summed E-state index contributed by atoms with van der Waals surface area (Å²) in [5, 5.41) is 11.1. The quantitative estimate of drug-likeness (QED) is 0.843. The van der Waals surface area contributed by atoms with Crippen LogP contribution in [0.15, 0.2) is 35.7 Å². The molecule has 2 aromatic rings. The number of aromatic carboxylic acids is 1. The van der Waals surface area contributed by atoms with Gasteiger partial charge in [0.2, 0.25) is 0 Å². The Morgan fingerprint density at radius 2 is 2.15 bits per heavy atom. The third-order valence-corrected chi connectivity index (χ3v) is 3.46. The Kier molecular flexibility index (Phi) is 5.01. The molecule has 0 spiro atoms. The van der Waals surface area contributed by atoms with Crippen LogP contribution >= 0.6 is 11.3 Å². The maximum atomic E-state index is 11.2. The van der Waals surface area contributed by atoms with Crippen LogP contribution in [0.2, 0.25) is 0 Å². The Hall–Kier alpha value is -2.01. The summed E-state index contributed by atoms with van der Waals surface area (Å²) in [6.45, 7) is 2.96. The lowest BCUT2D eigenvalue weighted by Gasteiger charge is -2.11. The normalized spacial score (nSPS) is 10.2. The van der Waals surface area contributed by atoms with E-state index in [1.54, 1.807) is 23.5 Å². The van der Waals surface area contributed by atoms with Crippen LogP contribution in [-0.2, 0) is 6.61 Å². The van der Waals surface area contributed by atoms with Crippen molar-refractivity contribution in [2.24, 2.45) is 0 Å². The van der Waals surface area contributed by atoms with Crippen LogP contribution in [-0.4, -0.2) is 17.7 Å². The molecule has 0 saturated carbocycles. The van der Waals surface area contributed by atoms with Crippen LogP contribution in [0, 0.1) is 0 Å². The van der Waals surface area contributed by atoms with E-state index in [-0.39, 0.29) is 5.56 Å². The van der Waals surface area contributed by atoms with Gasteiger partial charge in [-0.15, -0.1) is 11.3 Å². The first-order valence-corrected chi connectivity index (χ1v) is 7.24. The third kappa shape index (κ3) is 3.74. The topological polar surface area (TPSA) is 55.8 Å². The Morgan fingerprint density at radius 1 is 1.30 bits per heavy atom. The molecule has 106 valence electrons. The molecule has 0 atom stereocenters. The van der Waals surface area contributed by atoms with Crippen molar-refractivity contribution < 1.29 is 19.4 Å². The van der Waals surface area contributed by atoms with Crippen molar-refractivity contribution in [3.63, 3.8) is 0 Å². The van der Waals surface area contributed by atoms with Gasteiger partial charge in [-0.25, -0.2) is 4.79 Å². The molecule has 1 aromatic heterocycles. The van der Waals surface area contributed by atoms with Gasteiger partial charge in [0.05, 0.1) is 6.61 Å². The molecule has 0 fully saturated rings. The minimum absolute atomic E-state index is 0.144. The first-order valence-electron chi connectivity index (χ1n) is 6.36. The van der Waals surface area contributed by atoms with Crippen molar-refractivity contribution in [3.8, 4) is 11.5 Å². The summed E-state index contributed by atoms with van der Waals surface area (Å²) >= 11 is 1.57. The minimum Gasteiger partial charge on any atom is -0.493 e. The van der Waals surface area contributed by atoms with Crippen molar-refractivity contribution >= 4 is 17.3 Å². The number of rotatable bonds is 7. The third-order valence-electron chi connectivity index (χ3n) is 2.61. The summed E-state index contributed by atoms with van der Waals surface area (Å²) in [7, 11) is 0. The van der Waals surface area contributed by atoms with E-state index >= 15 is 0 Å². The molecule has 0 unspecified atom stereocenters. The zero-order chi connectivity index (χ0) is 14.4. The number of benzene rings is 1. The fourth-order valence-electron chi connectivity index (χ4n) is 1.65. The second-order valence-corrected chi connectivity index (χ2v) is 5.21. The first-order chi connectivity index (χ1) is 9.70. The summed E-state index contributed by atoms with van der Waals surface area (Å²) in [6.07, 6.45) is 0.895. The number of ether oxygens (including phenoxy) is 2. The molecular weight excluding hydrogens is 276 g/mol. The van der Waals surface area contributed by atoms with Gasteiger partial charge < -0.3 is 14.6 Å². The molecule has 1 aromatic carbocycles. The smallest absolute Gasteiger partial charge is 0.339 e. The SMILES string of the molecule is CCCOc1ccc(C(=O)O)c(OCc2cccs2)c1. The fraction of sp³-hybridized carbons (Fsp3) is 0.267. The van der Waals surface area contributed by atoms with Gasteiger partial charge in [-0.05, 0) is 30.0 Å². The molecule has 0 aliphatic rings. The van der Waals surface area contributed by atoms with Gasteiger partial charge in [0.15, 0.2) is 0 Å². The standard InChI is InChI=1S/C15H16O4S/c1-2-7-18-11-5-6-13(15(16)17)14(9-11)19-10-12-4-3-8-20-12/h3-6,8-9H,2,7,10H2,1H3,(H,16,17). The minimum atomic E-state index is -1.01. The Morgan fingerprint density at radius 3 is 2.80 bits per heavy atom. The Labute approximate surface area is 121 Å². The lowest BCUT2D eigenvalue weighted by Crippen LogP contribution is -2.04. The van der Waals surface area contributed by atoms with Gasteiger partial charge in [-0.1, -0.05) is 13.0 Å². The van der Waals surface area contributed by atoms with E-state index in [2.05, 4.69) is 0 Å². The van der Waals surface area contributed by atoms with Crippen LogP contribution in [0.4, 0.5) is 0 Å². The molecule has 2 rings (SSSR count). The average molecular weight is 292 g/mol. The van der Waals surface area contributed by atoms with Crippen molar-refractivity contribution in [1.29, 1.82) is 0 Å². The van der Waals surface area contributed by atoms with E-state index in [1.165, 1.54) is 6.07 Å². The predicted molar refractivity (Wildman–Crippen MR) is 77.8 cm³/mol. The zero-order valence-electron chi connectivity index (χ0n) is 11.2. The maximum Gasteiger partial charge on any atom is 0.339 e. The molecule has 1 N–H and O–H groups in total. The van der Waals surface area contributed by atoms with E-state index in [1.807, 2.05) is 24.4 Å². The summed E-state index contributed by atoms with van der Waals surface area (Å²) in [5.74, 6) is -0.0502. The van der Waals surface area contributed by atoms with Gasteiger partial charge in [-0.2, -0.15) is 0 Å². The molecule has 0 bridgehead atoms. The predicted octanol–water partition coefficient (Wildman–Crippen LogP) is 3.81. The summed E-state index contributed by atoms with van der Waals surface area (Å²) in [4.78, 5) is 12.2. The second-order valence-electron chi connectivity index (χ2n) is 4.18. The molecule has 20 heavy (non-hydrogen) atoms. The maximum absolute atomic E-state index is 11.2. The van der Waals surface area contributed by atoms with E-state index in [0.717, 1.165) is 11.3 Å². The highest BCUT2D eigenvalue weighted by Gasteiger charge is 2.13. The molecule has 0 saturated heterocycles. The first kappa shape index (κ1) is 14.4. The van der Waals surface area contributed by atoms with E-state index in [4.69, 9.17) is 9.47 Å². The second kappa shape index (κ2) is 6.96. The van der Waals surface area contributed by atoms with Crippen molar-refractivity contribution in [1.82, 2.24) is 0 Å². The number of carboxylic acids is 1. The van der Waals surface area contributed by atoms with Crippen molar-refractivity contribution in [2.75, 3.05) is 6.61 Å². The molecule has 0 aliphatic heterocycles. The van der Waals surface area contributed by atoms with Crippen molar-refractivity contribution in [3.05, 3.63) is 46.2 Å². The van der Waals surface area contributed by atoms with E-state index in [9.17, 15) is 9.90 Å². The van der Waals surface area contributed by atoms with Crippen LogP contribution in [0.5, 0.6) is 11.5 Å². The molecular formula is C15H16O4S.